The van der Waals surface area contributed by atoms with E-state index in [9.17, 15) is 14.5 Å². The van der Waals surface area contributed by atoms with Crippen LogP contribution in [0.1, 0.15) is 5.89 Å². The minimum absolute atomic E-state index is 0.0612. The van der Waals surface area contributed by atoms with E-state index in [0.29, 0.717) is 10.4 Å². The van der Waals surface area contributed by atoms with E-state index in [2.05, 4.69) is 26.1 Å². The molecule has 0 fully saturated rings. The number of aromatic nitrogens is 2. The van der Waals surface area contributed by atoms with Crippen LogP contribution >= 0.6 is 15.9 Å². The number of hydrogen-bond donors (Lipinski definition) is 0. The molecular formula is C13H7BrFN3O5. The van der Waals surface area contributed by atoms with E-state index in [4.69, 9.17) is 13.6 Å². The van der Waals surface area contributed by atoms with Gasteiger partial charge in [-0.1, -0.05) is 0 Å². The zero-order valence-corrected chi connectivity index (χ0v) is 12.8. The monoisotopic (exact) mass is 383 g/mol. The van der Waals surface area contributed by atoms with Gasteiger partial charge < -0.3 is 13.6 Å². The molecule has 0 amide bonds. The first-order chi connectivity index (χ1) is 11.0. The van der Waals surface area contributed by atoms with E-state index in [1.807, 2.05) is 0 Å². The maximum absolute atomic E-state index is 13.2. The van der Waals surface area contributed by atoms with Gasteiger partial charge in [-0.25, -0.2) is 4.39 Å². The number of nitro benzene ring substituents is 1. The Bertz CT molecular complexity index is 863. The van der Waals surface area contributed by atoms with Crippen LogP contribution in [0.3, 0.4) is 0 Å². The van der Waals surface area contributed by atoms with Crippen molar-refractivity contribution in [1.29, 1.82) is 0 Å². The molecule has 0 aliphatic heterocycles. The normalized spacial score (nSPS) is 10.7. The first-order valence-electron chi connectivity index (χ1n) is 6.18. The molecule has 0 N–H and O–H groups in total. The predicted octanol–water partition coefficient (Wildman–Crippen LogP) is 3.72. The lowest BCUT2D eigenvalue weighted by Crippen LogP contribution is -2.00. The molecular weight excluding hydrogens is 377 g/mol. The third-order valence-corrected chi connectivity index (χ3v) is 3.15. The van der Waals surface area contributed by atoms with E-state index in [-0.39, 0.29) is 29.8 Å². The molecule has 3 rings (SSSR count). The molecule has 1 aromatic carbocycles. The number of nitro groups is 1. The summed E-state index contributed by atoms with van der Waals surface area (Å²) < 4.78 is 29.5. The lowest BCUT2D eigenvalue weighted by atomic mass is 10.3. The van der Waals surface area contributed by atoms with Gasteiger partial charge in [0.25, 0.3) is 11.8 Å². The van der Waals surface area contributed by atoms with Crippen molar-refractivity contribution in [1.82, 2.24) is 10.2 Å². The van der Waals surface area contributed by atoms with Crippen molar-refractivity contribution in [2.24, 2.45) is 0 Å². The molecule has 0 unspecified atom stereocenters. The van der Waals surface area contributed by atoms with E-state index in [1.165, 1.54) is 0 Å². The van der Waals surface area contributed by atoms with Crippen LogP contribution < -0.4 is 4.74 Å². The fourth-order valence-corrected chi connectivity index (χ4v) is 2.04. The van der Waals surface area contributed by atoms with Gasteiger partial charge in [0.15, 0.2) is 17.0 Å². The van der Waals surface area contributed by atoms with Gasteiger partial charge in [-0.2, -0.15) is 0 Å². The van der Waals surface area contributed by atoms with Crippen LogP contribution in [0, 0.1) is 15.9 Å². The van der Waals surface area contributed by atoms with Crippen molar-refractivity contribution in [3.05, 3.63) is 56.8 Å². The Balaban J connectivity index is 1.75. The van der Waals surface area contributed by atoms with Gasteiger partial charge >= 0.3 is 5.69 Å². The summed E-state index contributed by atoms with van der Waals surface area (Å²) >= 11 is 3.15. The van der Waals surface area contributed by atoms with Crippen LogP contribution in [-0.4, -0.2) is 15.1 Å². The highest BCUT2D eigenvalue weighted by Gasteiger charge is 2.18. The van der Waals surface area contributed by atoms with E-state index < -0.39 is 10.7 Å². The molecule has 3 aromatic rings. The average Bonchev–Trinajstić information content (AvgIpc) is 3.13. The summed E-state index contributed by atoms with van der Waals surface area (Å²) in [5, 5.41) is 18.4. The van der Waals surface area contributed by atoms with Crippen molar-refractivity contribution in [3.63, 3.8) is 0 Å². The number of hydrogen-bond acceptors (Lipinski definition) is 7. The number of furan rings is 1. The smallest absolute Gasteiger partial charge is 0.311 e. The Hall–Kier alpha value is -2.75. The number of rotatable bonds is 5. The third kappa shape index (κ3) is 3.37. The fourth-order valence-electron chi connectivity index (χ4n) is 1.73. The van der Waals surface area contributed by atoms with Crippen LogP contribution in [0.15, 0.2) is 43.8 Å². The van der Waals surface area contributed by atoms with Gasteiger partial charge in [0.1, 0.15) is 5.82 Å². The van der Waals surface area contributed by atoms with E-state index >= 15 is 0 Å². The van der Waals surface area contributed by atoms with Crippen molar-refractivity contribution < 1.29 is 22.9 Å². The quantitative estimate of drug-likeness (QED) is 0.488. The van der Waals surface area contributed by atoms with Crippen molar-refractivity contribution >= 4 is 21.6 Å². The zero-order chi connectivity index (χ0) is 16.4. The second-order valence-electron chi connectivity index (χ2n) is 4.26. The number of halogens is 2. The summed E-state index contributed by atoms with van der Waals surface area (Å²) in [5.41, 5.74) is -0.360. The van der Waals surface area contributed by atoms with Crippen molar-refractivity contribution in [2.75, 3.05) is 0 Å². The van der Waals surface area contributed by atoms with Crippen LogP contribution in [0.25, 0.3) is 11.7 Å². The lowest BCUT2D eigenvalue weighted by molar-refractivity contribution is -0.386. The number of ether oxygens (including phenoxy) is 1. The molecule has 8 nitrogen and oxygen atoms in total. The Morgan fingerprint density at radius 2 is 2.09 bits per heavy atom. The molecule has 10 heteroatoms. The molecule has 0 aliphatic rings. The van der Waals surface area contributed by atoms with Gasteiger partial charge in [0.2, 0.25) is 5.75 Å². The molecule has 0 aliphatic carbocycles. The standard InChI is InChI=1S/C13H7BrFN3O5/c14-11-4-3-9(22-11)13-17-16-12(23-13)6-21-10-5-7(15)1-2-8(10)18(19)20/h1-5H,6H2. The topological polar surface area (TPSA) is 104 Å². The molecule has 0 atom stereocenters. The SMILES string of the molecule is O=[N+]([O-])c1ccc(F)cc1OCc1nnc(-c2ccc(Br)o2)o1. The molecule has 2 aromatic heterocycles. The second kappa shape index (κ2) is 6.16. The number of nitrogens with zero attached hydrogens (tertiary/aromatic N) is 3. The highest BCUT2D eigenvalue weighted by molar-refractivity contribution is 9.10. The largest absolute Gasteiger partial charge is 0.477 e. The predicted molar refractivity (Wildman–Crippen MR) is 77.1 cm³/mol. The molecule has 0 bridgehead atoms. The minimum Gasteiger partial charge on any atom is -0.477 e. The second-order valence-corrected chi connectivity index (χ2v) is 5.04. The highest BCUT2D eigenvalue weighted by Crippen LogP contribution is 2.29. The molecule has 0 saturated carbocycles. The average molecular weight is 384 g/mol. The third-order valence-electron chi connectivity index (χ3n) is 2.72. The van der Waals surface area contributed by atoms with Crippen LogP contribution in [-0.2, 0) is 6.61 Å². The van der Waals surface area contributed by atoms with Crippen molar-refractivity contribution in [3.8, 4) is 17.4 Å². The molecule has 0 spiro atoms. The summed E-state index contributed by atoms with van der Waals surface area (Å²) in [6.07, 6.45) is 0. The van der Waals surface area contributed by atoms with Crippen LogP contribution in [0.4, 0.5) is 10.1 Å². The first-order valence-corrected chi connectivity index (χ1v) is 6.97. The summed E-state index contributed by atoms with van der Waals surface area (Å²) in [4.78, 5) is 10.2. The van der Waals surface area contributed by atoms with Crippen LogP contribution in [0.5, 0.6) is 5.75 Å². The first kappa shape index (κ1) is 15.2. The lowest BCUT2D eigenvalue weighted by Gasteiger charge is -2.04. The summed E-state index contributed by atoms with van der Waals surface area (Å²) in [6, 6.07) is 6.19. The van der Waals surface area contributed by atoms with Gasteiger partial charge in [0, 0.05) is 12.1 Å². The molecule has 23 heavy (non-hydrogen) atoms. The maximum Gasteiger partial charge on any atom is 0.311 e. The Morgan fingerprint density at radius 3 is 2.78 bits per heavy atom. The number of benzene rings is 1. The van der Waals surface area contributed by atoms with Crippen molar-refractivity contribution in [2.45, 2.75) is 6.61 Å². The van der Waals surface area contributed by atoms with Gasteiger partial charge in [-0.05, 0) is 34.1 Å². The van der Waals surface area contributed by atoms with Gasteiger partial charge in [0.05, 0.1) is 4.92 Å². The minimum atomic E-state index is -0.672. The molecule has 0 saturated heterocycles. The van der Waals surface area contributed by atoms with Gasteiger partial charge in [-0.15, -0.1) is 10.2 Å². The summed E-state index contributed by atoms with van der Waals surface area (Å²) in [6.45, 7) is -0.251. The summed E-state index contributed by atoms with van der Waals surface area (Å²) in [7, 11) is 0. The Labute approximate surface area is 136 Å². The zero-order valence-electron chi connectivity index (χ0n) is 11.2. The highest BCUT2D eigenvalue weighted by atomic mass is 79.9. The molecule has 0 radical (unpaired) electrons. The Kier molecular flexibility index (Phi) is 4.06. The van der Waals surface area contributed by atoms with Crippen LogP contribution in [0.2, 0.25) is 0 Å². The van der Waals surface area contributed by atoms with Gasteiger partial charge in [-0.3, -0.25) is 10.1 Å². The maximum atomic E-state index is 13.2. The summed E-state index contributed by atoms with van der Waals surface area (Å²) in [5.74, 6) is -0.339. The fraction of sp³-hybridized carbons (Fsp3) is 0.0769. The van der Waals surface area contributed by atoms with E-state index in [1.54, 1.807) is 12.1 Å². The Morgan fingerprint density at radius 1 is 1.26 bits per heavy atom. The molecule has 2 heterocycles. The van der Waals surface area contributed by atoms with E-state index in [0.717, 1.165) is 18.2 Å². The molecule has 118 valence electrons.